The van der Waals surface area contributed by atoms with Gasteiger partial charge in [0.2, 0.25) is 0 Å². The average molecular weight is 348 g/mol. The monoisotopic (exact) mass is 347 g/mol. The third-order valence-electron chi connectivity index (χ3n) is 4.46. The number of halogens is 1. The van der Waals surface area contributed by atoms with Gasteiger partial charge in [-0.25, -0.2) is 15.0 Å². The first-order chi connectivity index (χ1) is 11.7. The lowest BCUT2D eigenvalue weighted by molar-refractivity contribution is 0.240. The smallest absolute Gasteiger partial charge is 0.151 e. The molecular formula is C18H26ClN5. The zero-order valence-corrected chi connectivity index (χ0v) is 15.4. The molecule has 1 aliphatic rings. The second kappa shape index (κ2) is 8.08. The Morgan fingerprint density at radius 2 is 2.08 bits per heavy atom. The summed E-state index contributed by atoms with van der Waals surface area (Å²) in [6.07, 6.45) is 8.29. The van der Waals surface area contributed by atoms with E-state index < -0.39 is 0 Å². The lowest BCUT2D eigenvalue weighted by Gasteiger charge is -2.27. The Kier molecular flexibility index (Phi) is 5.85. The van der Waals surface area contributed by atoms with E-state index in [2.05, 4.69) is 33.7 Å². The van der Waals surface area contributed by atoms with Crippen LogP contribution < -0.4 is 0 Å². The van der Waals surface area contributed by atoms with Crippen LogP contribution >= 0.6 is 11.6 Å². The Balaban J connectivity index is 1.64. The normalized spacial score (nSPS) is 14.8. The number of fused-ring (bicyclic) bond motifs is 1. The van der Waals surface area contributed by atoms with Gasteiger partial charge in [0.15, 0.2) is 5.15 Å². The fourth-order valence-corrected chi connectivity index (χ4v) is 3.33. The Labute approximate surface area is 148 Å². The van der Waals surface area contributed by atoms with Crippen LogP contribution in [0.2, 0.25) is 5.15 Å². The van der Waals surface area contributed by atoms with Gasteiger partial charge in [-0.2, -0.15) is 0 Å². The van der Waals surface area contributed by atoms with Crippen LogP contribution in [0, 0.1) is 0 Å². The molecule has 0 fully saturated rings. The molecule has 1 aliphatic heterocycles. The van der Waals surface area contributed by atoms with Gasteiger partial charge in [-0.3, -0.25) is 4.90 Å². The predicted octanol–water partition coefficient (Wildman–Crippen LogP) is 3.71. The van der Waals surface area contributed by atoms with Crippen LogP contribution in [0.15, 0.2) is 6.20 Å². The fourth-order valence-electron chi connectivity index (χ4n) is 3.13. The number of imidazole rings is 1. The minimum absolute atomic E-state index is 0.612. The first-order valence-electron chi connectivity index (χ1n) is 8.98. The molecule has 0 spiro atoms. The number of hydrogen-bond donors (Lipinski definition) is 1. The fraction of sp³-hybridized carbons (Fsp3) is 0.611. The molecule has 0 unspecified atom stereocenters. The average Bonchev–Trinajstić information content (AvgIpc) is 2.93. The highest BCUT2D eigenvalue weighted by Gasteiger charge is 2.20. The van der Waals surface area contributed by atoms with Crippen LogP contribution in [0.3, 0.4) is 0 Å². The number of hydrogen-bond acceptors (Lipinski definition) is 4. The number of unbranched alkanes of at least 4 members (excludes halogenated alkanes) is 1. The highest BCUT2D eigenvalue weighted by atomic mass is 35.5. The van der Waals surface area contributed by atoms with Crippen LogP contribution in [-0.4, -0.2) is 31.4 Å². The Morgan fingerprint density at radius 3 is 2.88 bits per heavy atom. The SMILES string of the molecule is CCCCc1nc(Cl)c(CN2CCc3nc(CCC)ncc3C2)[nH]1. The van der Waals surface area contributed by atoms with E-state index >= 15 is 0 Å². The van der Waals surface area contributed by atoms with E-state index in [9.17, 15) is 0 Å². The molecule has 0 atom stereocenters. The maximum absolute atomic E-state index is 6.31. The van der Waals surface area contributed by atoms with Crippen molar-refractivity contribution in [2.75, 3.05) is 6.54 Å². The van der Waals surface area contributed by atoms with Gasteiger partial charge in [0.05, 0.1) is 5.69 Å². The predicted molar refractivity (Wildman–Crippen MR) is 96.1 cm³/mol. The van der Waals surface area contributed by atoms with Gasteiger partial charge in [0.1, 0.15) is 11.6 Å². The van der Waals surface area contributed by atoms with Crippen molar-refractivity contribution in [1.29, 1.82) is 0 Å². The molecule has 3 rings (SSSR count). The maximum atomic E-state index is 6.31. The van der Waals surface area contributed by atoms with Crippen molar-refractivity contribution in [3.63, 3.8) is 0 Å². The van der Waals surface area contributed by atoms with Crippen LogP contribution in [0.4, 0.5) is 0 Å². The molecule has 3 heterocycles. The lowest BCUT2D eigenvalue weighted by Crippen LogP contribution is -2.31. The molecule has 130 valence electrons. The van der Waals surface area contributed by atoms with E-state index in [1.807, 2.05) is 6.20 Å². The molecule has 0 radical (unpaired) electrons. The van der Waals surface area contributed by atoms with Crippen molar-refractivity contribution in [3.8, 4) is 0 Å². The van der Waals surface area contributed by atoms with Crippen molar-refractivity contribution in [3.05, 3.63) is 40.0 Å². The number of H-pyrrole nitrogens is 1. The van der Waals surface area contributed by atoms with Crippen molar-refractivity contribution in [2.24, 2.45) is 0 Å². The third-order valence-corrected chi connectivity index (χ3v) is 4.78. The Hall–Kier alpha value is -1.46. The second-order valence-electron chi connectivity index (χ2n) is 6.53. The van der Waals surface area contributed by atoms with Gasteiger partial charge < -0.3 is 4.98 Å². The topological polar surface area (TPSA) is 57.7 Å². The summed E-state index contributed by atoms with van der Waals surface area (Å²) in [6, 6.07) is 0. The van der Waals surface area contributed by atoms with E-state index in [-0.39, 0.29) is 0 Å². The number of aromatic nitrogens is 4. The largest absolute Gasteiger partial charge is 0.344 e. The molecular weight excluding hydrogens is 322 g/mol. The second-order valence-corrected chi connectivity index (χ2v) is 6.88. The first-order valence-corrected chi connectivity index (χ1v) is 9.36. The van der Waals surface area contributed by atoms with Crippen molar-refractivity contribution in [2.45, 2.75) is 65.5 Å². The minimum atomic E-state index is 0.612. The van der Waals surface area contributed by atoms with E-state index in [1.54, 1.807) is 0 Å². The van der Waals surface area contributed by atoms with E-state index in [0.717, 1.165) is 75.5 Å². The molecule has 0 bridgehead atoms. The summed E-state index contributed by atoms with van der Waals surface area (Å²) in [5.41, 5.74) is 3.47. The highest BCUT2D eigenvalue weighted by Crippen LogP contribution is 2.21. The molecule has 1 N–H and O–H groups in total. The highest BCUT2D eigenvalue weighted by molar-refractivity contribution is 6.30. The number of nitrogens with one attached hydrogen (secondary N) is 1. The summed E-state index contributed by atoms with van der Waals surface area (Å²) < 4.78 is 0. The van der Waals surface area contributed by atoms with Crippen molar-refractivity contribution in [1.82, 2.24) is 24.8 Å². The standard InChI is InChI=1S/C18H26ClN5/c1-3-5-7-17-22-15(18(19)23-17)12-24-9-8-14-13(11-24)10-20-16(21-14)6-4-2/h10H,3-9,11-12H2,1-2H3,(H,22,23). The molecule has 2 aromatic heterocycles. The summed E-state index contributed by atoms with van der Waals surface area (Å²) in [5, 5.41) is 0.612. The van der Waals surface area contributed by atoms with Gasteiger partial charge in [-0.05, 0) is 12.8 Å². The Morgan fingerprint density at radius 1 is 1.21 bits per heavy atom. The summed E-state index contributed by atoms with van der Waals surface area (Å²) in [4.78, 5) is 19.4. The molecule has 5 nitrogen and oxygen atoms in total. The van der Waals surface area contributed by atoms with Crippen LogP contribution in [0.5, 0.6) is 0 Å². The van der Waals surface area contributed by atoms with Gasteiger partial charge >= 0.3 is 0 Å². The summed E-state index contributed by atoms with van der Waals surface area (Å²) in [7, 11) is 0. The minimum Gasteiger partial charge on any atom is -0.344 e. The molecule has 0 aromatic carbocycles. The lowest BCUT2D eigenvalue weighted by atomic mass is 10.1. The van der Waals surface area contributed by atoms with Gasteiger partial charge in [0, 0.05) is 56.4 Å². The van der Waals surface area contributed by atoms with E-state index in [4.69, 9.17) is 16.6 Å². The van der Waals surface area contributed by atoms with Gasteiger partial charge in [-0.15, -0.1) is 0 Å². The summed E-state index contributed by atoms with van der Waals surface area (Å²) >= 11 is 6.31. The number of nitrogens with zero attached hydrogens (tertiary/aromatic N) is 4. The zero-order chi connectivity index (χ0) is 16.9. The molecule has 0 saturated carbocycles. The van der Waals surface area contributed by atoms with Crippen LogP contribution in [-0.2, 0) is 32.4 Å². The Bertz CT molecular complexity index is 682. The summed E-state index contributed by atoms with van der Waals surface area (Å²) in [5.74, 6) is 1.98. The number of rotatable bonds is 7. The maximum Gasteiger partial charge on any atom is 0.151 e. The molecule has 2 aromatic rings. The quantitative estimate of drug-likeness (QED) is 0.829. The first kappa shape index (κ1) is 17.4. The molecule has 0 saturated heterocycles. The van der Waals surface area contributed by atoms with Crippen LogP contribution in [0.1, 0.15) is 61.7 Å². The van der Waals surface area contributed by atoms with Crippen LogP contribution in [0.25, 0.3) is 0 Å². The summed E-state index contributed by atoms with van der Waals surface area (Å²) in [6.45, 7) is 7.02. The number of aryl methyl sites for hydroxylation is 2. The molecule has 24 heavy (non-hydrogen) atoms. The van der Waals surface area contributed by atoms with E-state index in [1.165, 1.54) is 11.3 Å². The van der Waals surface area contributed by atoms with Gasteiger partial charge in [0.25, 0.3) is 0 Å². The zero-order valence-electron chi connectivity index (χ0n) is 14.6. The molecule has 0 amide bonds. The van der Waals surface area contributed by atoms with E-state index in [0.29, 0.717) is 5.15 Å². The van der Waals surface area contributed by atoms with Gasteiger partial charge in [-0.1, -0.05) is 31.9 Å². The van der Waals surface area contributed by atoms with Crippen molar-refractivity contribution < 1.29 is 0 Å². The van der Waals surface area contributed by atoms with Crippen molar-refractivity contribution >= 4 is 11.6 Å². The number of aromatic amines is 1. The third kappa shape index (κ3) is 4.14. The molecule has 0 aliphatic carbocycles. The molecule has 6 heteroatoms.